The Labute approximate surface area is 341 Å². The summed E-state index contributed by atoms with van der Waals surface area (Å²) in [5.74, 6) is 1.40. The molecule has 3 fully saturated rings. The summed E-state index contributed by atoms with van der Waals surface area (Å²) in [5.41, 5.74) is 3.79. The summed E-state index contributed by atoms with van der Waals surface area (Å²) in [4.78, 5) is 31.3. The molecule has 0 saturated carbocycles. The highest BCUT2D eigenvalue weighted by Crippen LogP contribution is 2.36. The van der Waals surface area contributed by atoms with E-state index in [0.29, 0.717) is 51.1 Å². The van der Waals surface area contributed by atoms with E-state index in [0.717, 1.165) is 49.3 Å². The number of rotatable bonds is 14. The standard InChI is InChI=1S/C44H43Cl2N3O8/c1-53-39-16-13-32(22-41(39)54-2)40(23-36-37(45)25-48(52)26-38(36)46)56-43(50)33-8-6-7-30(21-33)28-55-35-14-11-29(12-15-35)24-49(34-9-4-3-5-10-34)44(51)57-42-27-47-19-17-31(42)18-20-47/h3-16,21-22,25-26,31,40,42H,17-20,23-24,27-28H2,1-2H3/t40-,42-/m0/s1. The summed E-state index contributed by atoms with van der Waals surface area (Å²) in [6, 6.07) is 29.3. The number of halogens is 2. The maximum absolute atomic E-state index is 13.7. The molecular weight excluding hydrogens is 769 g/mol. The number of pyridine rings is 1. The van der Waals surface area contributed by atoms with E-state index in [2.05, 4.69) is 4.90 Å². The number of piperidine rings is 3. The monoisotopic (exact) mass is 811 g/mol. The van der Waals surface area contributed by atoms with E-state index in [1.807, 2.05) is 60.7 Å². The number of amides is 1. The summed E-state index contributed by atoms with van der Waals surface area (Å²) in [5, 5.41) is 12.2. The predicted molar refractivity (Wildman–Crippen MR) is 216 cm³/mol. The second-order valence-corrected chi connectivity index (χ2v) is 14.9. The lowest BCUT2D eigenvalue weighted by atomic mass is 9.86. The van der Waals surface area contributed by atoms with E-state index in [4.69, 9.17) is 46.9 Å². The highest BCUT2D eigenvalue weighted by Gasteiger charge is 2.37. The Bertz CT molecular complexity index is 2160. The second-order valence-electron chi connectivity index (χ2n) is 14.1. The third-order valence-corrected chi connectivity index (χ3v) is 11.1. The Hall–Kier alpha value is -5.49. The maximum Gasteiger partial charge on any atom is 0.414 e. The molecule has 13 heteroatoms. The number of methoxy groups -OCH3 is 2. The van der Waals surface area contributed by atoms with Crippen LogP contribution in [0, 0.1) is 11.1 Å². The molecule has 11 nitrogen and oxygen atoms in total. The molecule has 0 aliphatic carbocycles. The molecule has 57 heavy (non-hydrogen) atoms. The van der Waals surface area contributed by atoms with Crippen LogP contribution < -0.4 is 23.8 Å². The molecule has 0 spiro atoms. The minimum atomic E-state index is -0.853. The smallest absolute Gasteiger partial charge is 0.414 e. The molecule has 4 aromatic carbocycles. The number of para-hydroxylation sites is 1. The normalized spacial score (nSPS) is 17.6. The zero-order valence-corrected chi connectivity index (χ0v) is 33.2. The van der Waals surface area contributed by atoms with Crippen molar-refractivity contribution in [3.63, 3.8) is 0 Å². The predicted octanol–water partition coefficient (Wildman–Crippen LogP) is 8.60. The Morgan fingerprint density at radius 3 is 2.25 bits per heavy atom. The van der Waals surface area contributed by atoms with Crippen LogP contribution in [-0.2, 0) is 29.0 Å². The van der Waals surface area contributed by atoms with Crippen molar-refractivity contribution in [3.8, 4) is 17.2 Å². The molecule has 0 unspecified atom stereocenters. The molecule has 8 rings (SSSR count). The summed E-state index contributed by atoms with van der Waals surface area (Å²) in [6.45, 7) is 3.45. The summed E-state index contributed by atoms with van der Waals surface area (Å²) < 4.78 is 29.7. The lowest BCUT2D eigenvalue weighted by Gasteiger charge is -2.44. The highest BCUT2D eigenvalue weighted by atomic mass is 35.5. The molecule has 5 aromatic rings. The molecule has 2 bridgehead atoms. The molecule has 0 radical (unpaired) electrons. The van der Waals surface area contributed by atoms with Crippen molar-refractivity contribution in [2.24, 2.45) is 5.92 Å². The number of aromatic nitrogens is 1. The van der Waals surface area contributed by atoms with Gasteiger partial charge in [0.2, 0.25) is 0 Å². The molecule has 1 aromatic heterocycles. The van der Waals surface area contributed by atoms with Gasteiger partial charge in [-0.1, -0.05) is 71.7 Å². The van der Waals surface area contributed by atoms with Crippen LogP contribution in [0.15, 0.2) is 109 Å². The first-order valence-corrected chi connectivity index (χ1v) is 19.5. The highest BCUT2D eigenvalue weighted by molar-refractivity contribution is 6.35. The fourth-order valence-corrected chi connectivity index (χ4v) is 7.92. The third-order valence-electron chi connectivity index (χ3n) is 10.4. The summed E-state index contributed by atoms with van der Waals surface area (Å²) in [7, 11) is 3.04. The van der Waals surface area contributed by atoms with Crippen LogP contribution in [-0.4, -0.2) is 56.9 Å². The van der Waals surface area contributed by atoms with Crippen molar-refractivity contribution in [1.82, 2.24) is 4.90 Å². The van der Waals surface area contributed by atoms with Crippen LogP contribution in [0.5, 0.6) is 17.2 Å². The van der Waals surface area contributed by atoms with Gasteiger partial charge in [0.25, 0.3) is 0 Å². The maximum atomic E-state index is 13.7. The number of hydrogen-bond donors (Lipinski definition) is 0. The number of fused-ring (bicyclic) bond motifs is 3. The minimum Gasteiger partial charge on any atom is -0.619 e. The van der Waals surface area contributed by atoms with Crippen LogP contribution in [0.25, 0.3) is 0 Å². The Morgan fingerprint density at radius 2 is 1.58 bits per heavy atom. The Morgan fingerprint density at radius 1 is 0.860 bits per heavy atom. The number of ether oxygens (including phenoxy) is 5. The number of benzene rings is 4. The first-order chi connectivity index (χ1) is 27.7. The van der Waals surface area contributed by atoms with Gasteiger partial charge in [0.05, 0.1) is 26.3 Å². The number of nitrogens with zero attached hydrogens (tertiary/aromatic N) is 3. The second kappa shape index (κ2) is 18.2. The fraction of sp³-hybridized carbons (Fsp3) is 0.295. The number of hydrogen-bond acceptors (Lipinski definition) is 9. The lowest BCUT2D eigenvalue weighted by Crippen LogP contribution is -2.53. The average molecular weight is 813 g/mol. The van der Waals surface area contributed by atoms with Gasteiger partial charge in [0.1, 0.15) is 34.6 Å². The Kier molecular flexibility index (Phi) is 12.7. The van der Waals surface area contributed by atoms with Gasteiger partial charge in [0, 0.05) is 24.2 Å². The Balaban J connectivity index is 1.01. The molecule has 3 aliphatic heterocycles. The average Bonchev–Trinajstić information content (AvgIpc) is 3.23. The quantitative estimate of drug-likeness (QED) is 0.0618. The fourth-order valence-electron chi connectivity index (χ4n) is 7.32. The molecule has 0 N–H and O–H groups in total. The van der Waals surface area contributed by atoms with E-state index in [1.165, 1.54) is 26.6 Å². The van der Waals surface area contributed by atoms with E-state index < -0.39 is 12.1 Å². The van der Waals surface area contributed by atoms with Crippen molar-refractivity contribution in [3.05, 3.63) is 153 Å². The van der Waals surface area contributed by atoms with Gasteiger partial charge in [-0.3, -0.25) is 9.80 Å². The van der Waals surface area contributed by atoms with Gasteiger partial charge in [-0.2, -0.15) is 4.73 Å². The van der Waals surface area contributed by atoms with E-state index in [9.17, 15) is 14.8 Å². The van der Waals surface area contributed by atoms with Crippen LogP contribution in [0.4, 0.5) is 10.5 Å². The SMILES string of the molecule is COc1ccc([C@H](Cc2c(Cl)c[n+]([O-])cc2Cl)OC(=O)c2cccc(COc3ccc(CN(C(=O)O[C@H]4CN5CCC4CC5)c4ccccc4)cc3)c2)cc1OC. The van der Waals surface area contributed by atoms with Gasteiger partial charge in [0.15, 0.2) is 23.9 Å². The lowest BCUT2D eigenvalue weighted by molar-refractivity contribution is -0.605. The van der Waals surface area contributed by atoms with Gasteiger partial charge in [-0.25, -0.2) is 9.59 Å². The molecule has 3 saturated heterocycles. The summed E-state index contributed by atoms with van der Waals surface area (Å²) >= 11 is 12.8. The largest absolute Gasteiger partial charge is 0.619 e. The molecule has 296 valence electrons. The first-order valence-electron chi connectivity index (χ1n) is 18.7. The van der Waals surface area contributed by atoms with Crippen molar-refractivity contribution in [2.45, 2.75) is 44.6 Å². The minimum absolute atomic E-state index is 0.0859. The van der Waals surface area contributed by atoms with Crippen molar-refractivity contribution < 1.29 is 38.0 Å². The third kappa shape index (κ3) is 9.73. The molecule has 4 heterocycles. The van der Waals surface area contributed by atoms with Crippen LogP contribution in [0.1, 0.15) is 51.6 Å². The van der Waals surface area contributed by atoms with Crippen LogP contribution in [0.2, 0.25) is 10.0 Å². The van der Waals surface area contributed by atoms with E-state index >= 15 is 0 Å². The van der Waals surface area contributed by atoms with Gasteiger partial charge < -0.3 is 28.9 Å². The zero-order valence-electron chi connectivity index (χ0n) is 31.6. The topological polar surface area (TPSA) is 114 Å². The van der Waals surface area contributed by atoms with E-state index in [-0.39, 0.29) is 35.3 Å². The summed E-state index contributed by atoms with van der Waals surface area (Å²) in [6.07, 6.45) is 3.30. The number of anilines is 1. The van der Waals surface area contributed by atoms with Crippen molar-refractivity contribution >= 4 is 41.0 Å². The molecular formula is C44H43Cl2N3O8. The van der Waals surface area contributed by atoms with Crippen LogP contribution >= 0.6 is 23.2 Å². The molecule has 1 amide bonds. The number of carbonyl (C=O) groups excluding carboxylic acids is 2. The number of carbonyl (C=O) groups is 2. The van der Waals surface area contributed by atoms with Crippen molar-refractivity contribution in [1.29, 1.82) is 0 Å². The number of esters is 1. The van der Waals surface area contributed by atoms with Gasteiger partial charge >= 0.3 is 12.1 Å². The molecule has 2 atom stereocenters. The zero-order chi connectivity index (χ0) is 39.9. The van der Waals surface area contributed by atoms with Crippen molar-refractivity contribution in [2.75, 3.05) is 38.8 Å². The van der Waals surface area contributed by atoms with E-state index in [1.54, 1.807) is 41.3 Å². The first kappa shape index (κ1) is 39.7. The van der Waals surface area contributed by atoms with Gasteiger partial charge in [-0.05, 0) is 97.1 Å². The van der Waals surface area contributed by atoms with Crippen LogP contribution in [0.3, 0.4) is 0 Å². The van der Waals surface area contributed by atoms with Gasteiger partial charge in [-0.15, -0.1) is 0 Å². The molecule has 3 aliphatic rings.